The zero-order chi connectivity index (χ0) is 28.8. The Labute approximate surface area is 258 Å². The van der Waals surface area contributed by atoms with Gasteiger partial charge in [0.15, 0.2) is 5.82 Å². The van der Waals surface area contributed by atoms with Crippen LogP contribution in [-0.4, -0.2) is 9.55 Å². The van der Waals surface area contributed by atoms with Crippen LogP contribution in [-0.2, 0) is 6.42 Å². The lowest BCUT2D eigenvalue weighted by atomic mass is 9.92. The largest absolute Gasteiger partial charge is 0.293 e. The van der Waals surface area contributed by atoms with Gasteiger partial charge in [-0.05, 0) is 98.3 Å². The molecule has 0 radical (unpaired) electrons. The number of pyridine rings is 1. The van der Waals surface area contributed by atoms with Gasteiger partial charge in [0.2, 0.25) is 0 Å². The first-order chi connectivity index (χ1) is 21.8. The number of nitrogens with zero attached hydrogens (tertiary/aromatic N) is 2. The second-order valence-electron chi connectivity index (χ2n) is 11.8. The van der Waals surface area contributed by atoms with Gasteiger partial charge in [-0.2, -0.15) is 0 Å². The molecule has 9 aromatic rings. The predicted molar refractivity (Wildman–Crippen MR) is 189 cm³/mol. The molecule has 0 saturated heterocycles. The first-order valence-electron chi connectivity index (χ1n) is 15.3. The van der Waals surface area contributed by atoms with Crippen LogP contribution in [0.15, 0.2) is 128 Å². The van der Waals surface area contributed by atoms with Gasteiger partial charge in [-0.3, -0.25) is 4.57 Å². The predicted octanol–water partition coefficient (Wildman–Crippen LogP) is 11.5. The fourth-order valence-corrected chi connectivity index (χ4v) is 8.69. The van der Waals surface area contributed by atoms with E-state index in [0.717, 1.165) is 18.7 Å². The third-order valence-electron chi connectivity index (χ3n) is 9.51. The van der Waals surface area contributed by atoms with Crippen LogP contribution in [0.3, 0.4) is 0 Å². The van der Waals surface area contributed by atoms with Gasteiger partial charge in [-0.15, -0.1) is 11.3 Å². The molecule has 206 valence electrons. The van der Waals surface area contributed by atoms with Crippen LogP contribution in [0.4, 0.5) is 0 Å². The molecular weight excluding hydrogens is 553 g/mol. The summed E-state index contributed by atoms with van der Waals surface area (Å²) in [4.78, 5) is 5.01. The topological polar surface area (TPSA) is 17.8 Å². The fraction of sp³-hybridized carbons (Fsp3) is 0.0488. The molecule has 1 aliphatic carbocycles. The van der Waals surface area contributed by atoms with Crippen LogP contribution in [0.2, 0.25) is 0 Å². The second kappa shape index (κ2) is 9.12. The molecule has 10 rings (SSSR count). The first kappa shape index (κ1) is 24.2. The van der Waals surface area contributed by atoms with Gasteiger partial charge < -0.3 is 0 Å². The van der Waals surface area contributed by atoms with Gasteiger partial charge in [0, 0.05) is 27.1 Å². The molecule has 0 saturated carbocycles. The van der Waals surface area contributed by atoms with E-state index in [2.05, 4.69) is 132 Å². The number of hydrogen-bond donors (Lipinski definition) is 0. The van der Waals surface area contributed by atoms with Crippen molar-refractivity contribution in [3.63, 3.8) is 0 Å². The molecule has 0 fully saturated rings. The Hall–Kier alpha value is -5.25. The summed E-state index contributed by atoms with van der Waals surface area (Å²) in [7, 11) is 0. The number of thiophene rings is 1. The van der Waals surface area contributed by atoms with Gasteiger partial charge in [-0.1, -0.05) is 91.0 Å². The van der Waals surface area contributed by atoms with Gasteiger partial charge >= 0.3 is 0 Å². The Kier molecular flexibility index (Phi) is 5.02. The number of para-hydroxylation sites is 1. The monoisotopic (exact) mass is 578 g/mol. The zero-order valence-corrected chi connectivity index (χ0v) is 24.7. The second-order valence-corrected chi connectivity index (χ2v) is 12.9. The van der Waals surface area contributed by atoms with Crippen molar-refractivity contribution in [3.05, 3.63) is 139 Å². The van der Waals surface area contributed by atoms with E-state index in [1.807, 2.05) is 17.5 Å². The molecule has 0 unspecified atom stereocenters. The summed E-state index contributed by atoms with van der Waals surface area (Å²) in [5.41, 5.74) is 6.41. The summed E-state index contributed by atoms with van der Waals surface area (Å²) in [6.45, 7) is 0. The average molecular weight is 579 g/mol. The highest BCUT2D eigenvalue weighted by atomic mass is 32.1. The van der Waals surface area contributed by atoms with Crippen LogP contribution < -0.4 is 0 Å². The molecule has 3 heteroatoms. The van der Waals surface area contributed by atoms with Crippen molar-refractivity contribution in [1.29, 1.82) is 0 Å². The van der Waals surface area contributed by atoms with Crippen LogP contribution >= 0.6 is 11.3 Å². The van der Waals surface area contributed by atoms with Crippen LogP contribution in [0.5, 0.6) is 0 Å². The number of rotatable bonds is 2. The molecule has 3 heterocycles. The average Bonchev–Trinajstić information content (AvgIpc) is 3.64. The maximum atomic E-state index is 5.01. The summed E-state index contributed by atoms with van der Waals surface area (Å²) in [5.74, 6) is 1.03. The quantitative estimate of drug-likeness (QED) is 0.187. The SMILES string of the molecule is C1=Cc2c(c3ccccc3n2-c2nccc3c2sc2ccc(-c4ccc5c6ccccc6c6ccccc6c5c4)cc23)CC1. The van der Waals surface area contributed by atoms with E-state index in [1.54, 1.807) is 0 Å². The molecule has 0 N–H and O–H groups in total. The molecule has 44 heavy (non-hydrogen) atoms. The molecular formula is C41H26N2S. The van der Waals surface area contributed by atoms with Gasteiger partial charge in [-0.25, -0.2) is 4.98 Å². The van der Waals surface area contributed by atoms with Crippen molar-refractivity contribution in [2.75, 3.05) is 0 Å². The molecule has 6 aromatic carbocycles. The minimum absolute atomic E-state index is 1.03. The number of allylic oxidation sites excluding steroid dienone is 1. The van der Waals surface area contributed by atoms with Gasteiger partial charge in [0.25, 0.3) is 0 Å². The first-order valence-corrected chi connectivity index (χ1v) is 16.1. The maximum Gasteiger partial charge on any atom is 0.155 e. The Bertz CT molecular complexity index is 2630. The fourth-order valence-electron chi connectivity index (χ4n) is 7.53. The van der Waals surface area contributed by atoms with E-state index in [0.29, 0.717) is 0 Å². The minimum Gasteiger partial charge on any atom is -0.293 e. The van der Waals surface area contributed by atoms with Crippen molar-refractivity contribution in [2.45, 2.75) is 12.8 Å². The molecule has 1 aliphatic rings. The van der Waals surface area contributed by atoms with Gasteiger partial charge in [0.1, 0.15) is 0 Å². The van der Waals surface area contributed by atoms with Crippen LogP contribution in [0, 0.1) is 0 Å². The third kappa shape index (κ3) is 3.33. The lowest BCUT2D eigenvalue weighted by Gasteiger charge is -2.12. The maximum absolute atomic E-state index is 5.01. The summed E-state index contributed by atoms with van der Waals surface area (Å²) in [6, 6.07) is 42.5. The zero-order valence-electron chi connectivity index (χ0n) is 23.9. The van der Waals surface area contributed by atoms with Crippen LogP contribution in [0.1, 0.15) is 17.7 Å². The van der Waals surface area contributed by atoms with E-state index in [-0.39, 0.29) is 0 Å². The smallest absolute Gasteiger partial charge is 0.155 e. The molecule has 0 atom stereocenters. The molecule has 3 aromatic heterocycles. The van der Waals surface area contributed by atoms with Crippen molar-refractivity contribution in [3.8, 4) is 16.9 Å². The van der Waals surface area contributed by atoms with E-state index in [4.69, 9.17) is 4.98 Å². The minimum atomic E-state index is 1.03. The van der Waals surface area contributed by atoms with Crippen molar-refractivity contribution >= 4 is 80.8 Å². The Morgan fingerprint density at radius 3 is 1.98 bits per heavy atom. The summed E-state index contributed by atoms with van der Waals surface area (Å²) < 4.78 is 4.91. The molecule has 2 nitrogen and oxygen atoms in total. The highest BCUT2D eigenvalue weighted by molar-refractivity contribution is 7.26. The highest BCUT2D eigenvalue weighted by Crippen LogP contribution is 2.42. The summed E-state index contributed by atoms with van der Waals surface area (Å²) in [6.07, 6.45) is 8.73. The highest BCUT2D eigenvalue weighted by Gasteiger charge is 2.21. The lowest BCUT2D eigenvalue weighted by Crippen LogP contribution is -2.02. The van der Waals surface area contributed by atoms with Gasteiger partial charge in [0.05, 0.1) is 15.9 Å². The standard InChI is InChI=1S/C41H26N2S/c1-2-11-29-27(9-1)28-10-3-4-12-30(28)35-23-25(17-19-31(29)35)26-18-20-39-36(24-26)34-21-22-42-41(40(34)44-39)43-37-15-7-5-13-32(37)33-14-6-8-16-38(33)43/h1-5,7-13,15-24H,6,14H2. The third-order valence-corrected chi connectivity index (χ3v) is 10.7. The molecule has 0 amide bonds. The Morgan fingerprint density at radius 1 is 0.568 bits per heavy atom. The summed E-state index contributed by atoms with van der Waals surface area (Å²) >= 11 is 1.85. The lowest BCUT2D eigenvalue weighted by molar-refractivity contribution is 0.958. The number of aromatic nitrogens is 2. The number of benzene rings is 6. The molecule has 0 bridgehead atoms. The molecule has 0 spiro atoms. The van der Waals surface area contributed by atoms with E-state index < -0.39 is 0 Å². The number of hydrogen-bond acceptors (Lipinski definition) is 2. The van der Waals surface area contributed by atoms with Crippen LogP contribution in [0.25, 0.3) is 86.4 Å². The molecule has 0 aliphatic heterocycles. The summed E-state index contributed by atoms with van der Waals surface area (Å²) in [5, 5.41) is 11.7. The Morgan fingerprint density at radius 2 is 1.20 bits per heavy atom. The van der Waals surface area contributed by atoms with E-state index >= 15 is 0 Å². The van der Waals surface area contributed by atoms with Crippen molar-refractivity contribution in [1.82, 2.24) is 9.55 Å². The van der Waals surface area contributed by atoms with E-state index in [9.17, 15) is 0 Å². The number of fused-ring (bicyclic) bond motifs is 12. The number of aryl methyl sites for hydroxylation is 1. The Balaban J connectivity index is 1.19. The van der Waals surface area contributed by atoms with Crippen molar-refractivity contribution in [2.24, 2.45) is 0 Å². The van der Waals surface area contributed by atoms with E-state index in [1.165, 1.54) is 85.8 Å². The normalized spacial score (nSPS) is 13.2. The van der Waals surface area contributed by atoms with Crippen molar-refractivity contribution < 1.29 is 0 Å².